The fourth-order valence-electron chi connectivity index (χ4n) is 1.81. The van der Waals surface area contributed by atoms with Crippen LogP contribution in [0.3, 0.4) is 0 Å². The molecule has 0 unspecified atom stereocenters. The van der Waals surface area contributed by atoms with Crippen LogP contribution in [0.25, 0.3) is 11.4 Å². The van der Waals surface area contributed by atoms with Crippen molar-refractivity contribution in [1.29, 1.82) is 5.26 Å². The predicted octanol–water partition coefficient (Wildman–Crippen LogP) is 2.95. The molecule has 0 saturated heterocycles. The normalized spacial score (nSPS) is 10.4. The van der Waals surface area contributed by atoms with Crippen molar-refractivity contribution in [2.75, 3.05) is 0 Å². The summed E-state index contributed by atoms with van der Waals surface area (Å²) in [5, 5.41) is 19.0. The first kappa shape index (κ1) is 14.5. The zero-order chi connectivity index (χ0) is 15.5. The van der Waals surface area contributed by atoms with Crippen LogP contribution in [-0.2, 0) is 7.05 Å². The van der Waals surface area contributed by atoms with Gasteiger partial charge in [0.2, 0.25) is 0 Å². The van der Waals surface area contributed by atoms with Gasteiger partial charge in [-0.3, -0.25) is 4.98 Å². The number of hydrogen-bond acceptors (Lipinski definition) is 6. The van der Waals surface area contributed by atoms with Crippen LogP contribution in [0.15, 0.2) is 46.8 Å². The lowest BCUT2D eigenvalue weighted by molar-refractivity contribution is 0.792. The fraction of sp³-hybridized carbons (Fsp3) is 0.0714. The van der Waals surface area contributed by atoms with Gasteiger partial charge in [0.15, 0.2) is 16.7 Å². The van der Waals surface area contributed by atoms with Crippen LogP contribution >= 0.6 is 23.4 Å². The highest BCUT2D eigenvalue weighted by Crippen LogP contribution is 2.28. The van der Waals surface area contributed by atoms with Crippen molar-refractivity contribution in [2.24, 2.45) is 7.05 Å². The average molecular weight is 329 g/mol. The van der Waals surface area contributed by atoms with E-state index >= 15 is 0 Å². The highest BCUT2D eigenvalue weighted by Gasteiger charge is 2.13. The molecule has 0 aliphatic rings. The molecule has 108 valence electrons. The fourth-order valence-corrected chi connectivity index (χ4v) is 2.72. The summed E-state index contributed by atoms with van der Waals surface area (Å²) >= 11 is 7.20. The van der Waals surface area contributed by atoms with Gasteiger partial charge in [0, 0.05) is 25.0 Å². The summed E-state index contributed by atoms with van der Waals surface area (Å²) in [6.07, 6.45) is 3.41. The molecule has 3 rings (SSSR count). The van der Waals surface area contributed by atoms with Gasteiger partial charge in [-0.15, -0.1) is 10.2 Å². The van der Waals surface area contributed by atoms with Crippen LogP contribution in [0, 0.1) is 11.3 Å². The quantitative estimate of drug-likeness (QED) is 0.735. The van der Waals surface area contributed by atoms with Crippen molar-refractivity contribution in [3.63, 3.8) is 0 Å². The average Bonchev–Trinajstić information content (AvgIpc) is 2.91. The van der Waals surface area contributed by atoms with E-state index in [1.807, 2.05) is 29.8 Å². The Balaban J connectivity index is 1.92. The van der Waals surface area contributed by atoms with Crippen molar-refractivity contribution in [3.8, 4) is 17.5 Å². The lowest BCUT2D eigenvalue weighted by Gasteiger charge is -2.04. The monoisotopic (exact) mass is 328 g/mol. The first-order chi connectivity index (χ1) is 10.7. The van der Waals surface area contributed by atoms with Gasteiger partial charge >= 0.3 is 0 Å². The molecule has 3 aromatic rings. The molecule has 0 atom stereocenters. The molecule has 3 aromatic heterocycles. The van der Waals surface area contributed by atoms with Crippen molar-refractivity contribution in [3.05, 3.63) is 47.4 Å². The van der Waals surface area contributed by atoms with E-state index in [1.165, 1.54) is 11.8 Å². The number of rotatable bonds is 3. The summed E-state index contributed by atoms with van der Waals surface area (Å²) in [7, 11) is 1.87. The maximum atomic E-state index is 8.97. The minimum atomic E-state index is 0.197. The molecule has 0 amide bonds. The number of hydrogen-bond donors (Lipinski definition) is 0. The molecule has 0 fully saturated rings. The Bertz CT molecular complexity index is 856. The highest BCUT2D eigenvalue weighted by molar-refractivity contribution is 7.99. The van der Waals surface area contributed by atoms with Crippen LogP contribution in [0.5, 0.6) is 0 Å². The minimum Gasteiger partial charge on any atom is -0.305 e. The van der Waals surface area contributed by atoms with E-state index in [4.69, 9.17) is 16.9 Å². The largest absolute Gasteiger partial charge is 0.305 e. The van der Waals surface area contributed by atoms with Crippen LogP contribution in [-0.4, -0.2) is 24.7 Å². The molecular weight excluding hydrogens is 320 g/mol. The maximum absolute atomic E-state index is 8.97. The molecule has 0 saturated carbocycles. The Morgan fingerprint density at radius 1 is 1.18 bits per heavy atom. The van der Waals surface area contributed by atoms with Crippen LogP contribution < -0.4 is 0 Å². The van der Waals surface area contributed by atoms with Gasteiger partial charge in [0.05, 0.1) is 5.02 Å². The SMILES string of the molecule is Cn1c(Sc2ccc(Cl)c(C#N)n2)nnc1-c1ccncc1. The van der Waals surface area contributed by atoms with Gasteiger partial charge in [0.1, 0.15) is 11.1 Å². The van der Waals surface area contributed by atoms with Crippen molar-refractivity contribution >= 4 is 23.4 Å². The van der Waals surface area contributed by atoms with Gasteiger partial charge < -0.3 is 4.57 Å². The van der Waals surface area contributed by atoms with Crippen molar-refractivity contribution in [1.82, 2.24) is 24.7 Å². The Kier molecular flexibility index (Phi) is 4.04. The Morgan fingerprint density at radius 3 is 2.68 bits per heavy atom. The summed E-state index contributed by atoms with van der Waals surface area (Å²) in [5.74, 6) is 0.736. The van der Waals surface area contributed by atoms with Crippen LogP contribution in [0.2, 0.25) is 5.02 Å². The zero-order valence-electron chi connectivity index (χ0n) is 11.4. The Morgan fingerprint density at radius 2 is 1.95 bits per heavy atom. The lowest BCUT2D eigenvalue weighted by Crippen LogP contribution is -1.95. The standard InChI is InChI=1S/C14H9ClN6S/c1-21-13(9-4-6-17-7-5-9)19-20-14(21)22-12-3-2-10(15)11(8-16)18-12/h2-7H,1H3. The molecule has 8 heteroatoms. The summed E-state index contributed by atoms with van der Waals surface area (Å²) in [6.45, 7) is 0. The summed E-state index contributed by atoms with van der Waals surface area (Å²) < 4.78 is 1.86. The van der Waals surface area contributed by atoms with Crippen molar-refractivity contribution < 1.29 is 0 Å². The molecule has 0 aliphatic heterocycles. The highest BCUT2D eigenvalue weighted by atomic mass is 35.5. The maximum Gasteiger partial charge on any atom is 0.197 e. The molecule has 0 bridgehead atoms. The van der Waals surface area contributed by atoms with Gasteiger partial charge in [-0.1, -0.05) is 11.6 Å². The van der Waals surface area contributed by atoms with Gasteiger partial charge in [-0.2, -0.15) is 5.26 Å². The van der Waals surface area contributed by atoms with Crippen LogP contribution in [0.1, 0.15) is 5.69 Å². The van der Waals surface area contributed by atoms with E-state index in [2.05, 4.69) is 20.2 Å². The summed E-state index contributed by atoms with van der Waals surface area (Å²) in [4.78, 5) is 8.17. The Labute approximate surface area is 135 Å². The number of nitrogens with zero attached hydrogens (tertiary/aromatic N) is 6. The minimum absolute atomic E-state index is 0.197. The topological polar surface area (TPSA) is 80.3 Å². The predicted molar refractivity (Wildman–Crippen MR) is 82.3 cm³/mol. The molecular formula is C14H9ClN6S. The molecule has 0 aromatic carbocycles. The second-order valence-electron chi connectivity index (χ2n) is 4.29. The van der Waals surface area contributed by atoms with E-state index in [-0.39, 0.29) is 5.69 Å². The van der Waals surface area contributed by atoms with Crippen molar-refractivity contribution in [2.45, 2.75) is 10.2 Å². The molecule has 0 N–H and O–H groups in total. The summed E-state index contributed by atoms with van der Waals surface area (Å²) in [5.41, 5.74) is 1.13. The summed E-state index contributed by atoms with van der Waals surface area (Å²) in [6, 6.07) is 9.09. The first-order valence-corrected chi connectivity index (χ1v) is 7.43. The molecule has 0 aliphatic carbocycles. The van der Waals surface area contributed by atoms with E-state index in [0.29, 0.717) is 15.2 Å². The van der Waals surface area contributed by atoms with Gasteiger partial charge in [0.25, 0.3) is 0 Å². The van der Waals surface area contributed by atoms with E-state index in [1.54, 1.807) is 24.5 Å². The molecule has 3 heterocycles. The second kappa shape index (κ2) is 6.13. The van der Waals surface area contributed by atoms with E-state index in [0.717, 1.165) is 11.4 Å². The molecule has 6 nitrogen and oxygen atoms in total. The molecule has 0 radical (unpaired) electrons. The third-order valence-electron chi connectivity index (χ3n) is 2.90. The van der Waals surface area contributed by atoms with E-state index in [9.17, 15) is 0 Å². The lowest BCUT2D eigenvalue weighted by atomic mass is 10.2. The van der Waals surface area contributed by atoms with E-state index < -0.39 is 0 Å². The molecule has 0 spiro atoms. The smallest absolute Gasteiger partial charge is 0.197 e. The zero-order valence-corrected chi connectivity index (χ0v) is 13.0. The van der Waals surface area contributed by atoms with Gasteiger partial charge in [-0.25, -0.2) is 4.98 Å². The number of pyridine rings is 2. The number of aromatic nitrogens is 5. The van der Waals surface area contributed by atoms with Crippen LogP contribution in [0.4, 0.5) is 0 Å². The second-order valence-corrected chi connectivity index (χ2v) is 5.69. The first-order valence-electron chi connectivity index (χ1n) is 6.23. The third kappa shape index (κ3) is 2.79. The van der Waals surface area contributed by atoms with Gasteiger partial charge in [-0.05, 0) is 36.0 Å². The number of nitriles is 1. The number of halogens is 1. The third-order valence-corrected chi connectivity index (χ3v) is 4.18. The Hall–Kier alpha value is -2.43. The molecule has 22 heavy (non-hydrogen) atoms.